The molecule has 0 spiro atoms. The van der Waals surface area contributed by atoms with Crippen LogP contribution in [0, 0.1) is 6.92 Å². The second kappa shape index (κ2) is 2.80. The Morgan fingerprint density at radius 3 is 3.00 bits per heavy atom. The highest BCUT2D eigenvalue weighted by Gasteiger charge is 2.09. The summed E-state index contributed by atoms with van der Waals surface area (Å²) < 4.78 is 4.47. The molecule has 0 aliphatic carbocycles. The lowest BCUT2D eigenvalue weighted by Crippen LogP contribution is -1.95. The van der Waals surface area contributed by atoms with Gasteiger partial charge in [-0.2, -0.15) is 4.98 Å². The minimum absolute atomic E-state index is 0.222. The molecule has 0 aliphatic rings. The predicted molar refractivity (Wildman–Crippen MR) is 32.5 cm³/mol. The van der Waals surface area contributed by atoms with E-state index in [4.69, 9.17) is 5.53 Å². The smallest absolute Gasteiger partial charge is 0.289 e. The van der Waals surface area contributed by atoms with Crippen LogP contribution < -0.4 is 0 Å². The summed E-state index contributed by atoms with van der Waals surface area (Å²) in [6.07, 6.45) is 0. The zero-order valence-electron chi connectivity index (χ0n) is 5.55. The number of carbonyl (C=O) groups excluding carboxylic acids is 1. The lowest BCUT2D eigenvalue weighted by molar-refractivity contribution is 0.0987. The molecule has 0 unspecified atom stereocenters. The van der Waals surface area contributed by atoms with Crippen LogP contribution in [0.15, 0.2) is 9.64 Å². The van der Waals surface area contributed by atoms with Crippen molar-refractivity contribution in [1.29, 1.82) is 0 Å². The molecule has 0 N–H and O–H groups in total. The Kier molecular flexibility index (Phi) is 1.84. The molecule has 0 fully saturated rings. The minimum Gasteiger partial charge on any atom is -0.339 e. The average molecular weight is 153 g/mol. The molecule has 11 heavy (non-hydrogen) atoms. The Labute approximate surface area is 60.6 Å². The molecule has 0 atom stereocenters. The highest BCUT2D eigenvalue weighted by atomic mass is 16.5. The summed E-state index contributed by atoms with van der Waals surface area (Å²) in [7, 11) is 0. The molecule has 0 bridgehead atoms. The number of aryl methyl sites for hydroxylation is 1. The predicted octanol–water partition coefficient (Wildman–Crippen LogP) is 0.829. The molecule has 1 aromatic heterocycles. The van der Waals surface area contributed by atoms with Gasteiger partial charge in [0.05, 0.1) is 0 Å². The quantitative estimate of drug-likeness (QED) is 0.338. The van der Waals surface area contributed by atoms with E-state index in [2.05, 4.69) is 24.7 Å². The number of azide groups is 1. The van der Waals surface area contributed by atoms with Crippen molar-refractivity contribution in [2.75, 3.05) is 0 Å². The first-order chi connectivity index (χ1) is 5.24. The van der Waals surface area contributed by atoms with Gasteiger partial charge in [-0.25, -0.2) is 0 Å². The Hall–Kier alpha value is -1.88. The fourth-order valence-electron chi connectivity index (χ4n) is 0.471. The zero-order chi connectivity index (χ0) is 8.27. The van der Waals surface area contributed by atoms with Gasteiger partial charge < -0.3 is 4.52 Å². The van der Waals surface area contributed by atoms with Crippen molar-refractivity contribution >= 4 is 5.91 Å². The number of rotatable bonds is 1. The molecular weight excluding hydrogens is 150 g/mol. The first-order valence-electron chi connectivity index (χ1n) is 2.64. The summed E-state index contributed by atoms with van der Waals surface area (Å²) in [4.78, 5) is 16.5. The summed E-state index contributed by atoms with van der Waals surface area (Å²) in [6.45, 7) is 1.53. The van der Waals surface area contributed by atoms with Crippen molar-refractivity contribution in [3.63, 3.8) is 0 Å². The summed E-state index contributed by atoms with van der Waals surface area (Å²) in [5.74, 6) is -0.814. The molecular formula is C4H3N5O2. The number of nitrogens with zero attached hydrogens (tertiary/aromatic N) is 5. The van der Waals surface area contributed by atoms with Gasteiger partial charge in [0.2, 0.25) is 11.7 Å². The standard InChI is InChI=1S/C4H3N5O2/c1-2-6-3(8-11-2)4(10)7-9-5/h1H3. The van der Waals surface area contributed by atoms with Crippen molar-refractivity contribution < 1.29 is 9.32 Å². The largest absolute Gasteiger partial charge is 0.339 e. The van der Waals surface area contributed by atoms with Crippen molar-refractivity contribution in [3.8, 4) is 0 Å². The van der Waals surface area contributed by atoms with Gasteiger partial charge in [0.15, 0.2) is 0 Å². The molecule has 0 aromatic carbocycles. The third-order valence-corrected chi connectivity index (χ3v) is 0.854. The fourth-order valence-corrected chi connectivity index (χ4v) is 0.471. The van der Waals surface area contributed by atoms with Crippen LogP contribution in [0.1, 0.15) is 16.5 Å². The van der Waals surface area contributed by atoms with Crippen molar-refractivity contribution in [2.24, 2.45) is 5.11 Å². The molecule has 0 aliphatic heterocycles. The van der Waals surface area contributed by atoms with E-state index in [9.17, 15) is 4.79 Å². The van der Waals surface area contributed by atoms with E-state index in [1.54, 1.807) is 0 Å². The van der Waals surface area contributed by atoms with E-state index in [1.807, 2.05) is 0 Å². The van der Waals surface area contributed by atoms with Crippen LogP contribution in [-0.2, 0) is 0 Å². The Morgan fingerprint density at radius 2 is 2.55 bits per heavy atom. The first kappa shape index (κ1) is 7.23. The Bertz CT molecular complexity index is 323. The molecule has 0 saturated carbocycles. The zero-order valence-corrected chi connectivity index (χ0v) is 5.55. The van der Waals surface area contributed by atoms with Gasteiger partial charge >= 0.3 is 0 Å². The van der Waals surface area contributed by atoms with E-state index < -0.39 is 5.91 Å². The summed E-state index contributed by atoms with van der Waals surface area (Å²) in [6, 6.07) is 0. The molecule has 0 saturated heterocycles. The van der Waals surface area contributed by atoms with Crippen LogP contribution in [0.5, 0.6) is 0 Å². The summed E-state index contributed by atoms with van der Waals surface area (Å²) >= 11 is 0. The Balaban J connectivity index is 2.93. The third-order valence-electron chi connectivity index (χ3n) is 0.854. The fraction of sp³-hybridized carbons (Fsp3) is 0.250. The van der Waals surface area contributed by atoms with Gasteiger partial charge in [-0.1, -0.05) is 5.16 Å². The molecule has 1 rings (SSSR count). The topological polar surface area (TPSA) is 105 Å². The van der Waals surface area contributed by atoms with Gasteiger partial charge in [0, 0.05) is 11.8 Å². The number of hydrogen-bond donors (Lipinski definition) is 0. The van der Waals surface area contributed by atoms with Crippen LogP contribution in [0.4, 0.5) is 0 Å². The monoisotopic (exact) mass is 153 g/mol. The summed E-state index contributed by atoms with van der Waals surface area (Å²) in [5.41, 5.74) is 7.86. The molecule has 1 aromatic rings. The highest BCUT2D eigenvalue weighted by Crippen LogP contribution is 1.96. The van der Waals surface area contributed by atoms with Gasteiger partial charge in [0.25, 0.3) is 5.91 Å². The van der Waals surface area contributed by atoms with Crippen molar-refractivity contribution in [3.05, 3.63) is 22.2 Å². The van der Waals surface area contributed by atoms with Crippen LogP contribution in [0.3, 0.4) is 0 Å². The number of hydrogen-bond acceptors (Lipinski definition) is 4. The van der Waals surface area contributed by atoms with Crippen molar-refractivity contribution in [1.82, 2.24) is 10.1 Å². The van der Waals surface area contributed by atoms with Crippen LogP contribution in [0.2, 0.25) is 0 Å². The second-order valence-corrected chi connectivity index (χ2v) is 1.63. The van der Waals surface area contributed by atoms with Gasteiger partial charge in [-0.3, -0.25) is 4.79 Å². The second-order valence-electron chi connectivity index (χ2n) is 1.63. The highest BCUT2D eigenvalue weighted by molar-refractivity contribution is 5.90. The van der Waals surface area contributed by atoms with Crippen LogP contribution in [0.25, 0.3) is 10.4 Å². The lowest BCUT2D eigenvalue weighted by Gasteiger charge is -1.76. The van der Waals surface area contributed by atoms with Crippen molar-refractivity contribution in [2.45, 2.75) is 6.92 Å². The maximum absolute atomic E-state index is 10.7. The molecule has 1 amide bonds. The molecule has 56 valence electrons. The van der Waals surface area contributed by atoms with E-state index in [1.165, 1.54) is 6.92 Å². The minimum atomic E-state index is -0.843. The van der Waals surface area contributed by atoms with E-state index in [-0.39, 0.29) is 11.7 Å². The van der Waals surface area contributed by atoms with E-state index in [0.717, 1.165) is 0 Å². The first-order valence-corrected chi connectivity index (χ1v) is 2.64. The van der Waals surface area contributed by atoms with E-state index >= 15 is 0 Å². The molecule has 7 nitrogen and oxygen atoms in total. The van der Waals surface area contributed by atoms with Crippen LogP contribution >= 0.6 is 0 Å². The Morgan fingerprint density at radius 1 is 1.82 bits per heavy atom. The van der Waals surface area contributed by atoms with Gasteiger partial charge in [0.1, 0.15) is 0 Å². The number of amides is 1. The maximum atomic E-state index is 10.7. The average Bonchev–Trinajstić information content (AvgIpc) is 2.36. The molecule has 1 heterocycles. The normalized spacial score (nSPS) is 8.82. The third kappa shape index (κ3) is 1.53. The van der Waals surface area contributed by atoms with E-state index in [0.29, 0.717) is 0 Å². The number of aromatic nitrogens is 2. The number of carbonyl (C=O) groups is 1. The SMILES string of the molecule is Cc1nc(C(=O)N=[N+]=[N-])no1. The maximum Gasteiger partial charge on any atom is 0.289 e. The van der Waals surface area contributed by atoms with Crippen LogP contribution in [-0.4, -0.2) is 16.0 Å². The van der Waals surface area contributed by atoms with Gasteiger partial charge in [-0.05, 0) is 10.6 Å². The summed E-state index contributed by atoms with van der Waals surface area (Å²) in [5, 5.41) is 6.00. The molecule has 7 heteroatoms. The molecule has 0 radical (unpaired) electrons. The van der Waals surface area contributed by atoms with Gasteiger partial charge in [-0.15, -0.1) is 0 Å². The lowest BCUT2D eigenvalue weighted by atomic mass is 10.6.